The number of hydrogen-bond donors (Lipinski definition) is 0. The van der Waals surface area contributed by atoms with Gasteiger partial charge in [0.2, 0.25) is 0 Å². The van der Waals surface area contributed by atoms with Gasteiger partial charge in [-0.25, -0.2) is 0 Å². The lowest BCUT2D eigenvalue weighted by Gasteiger charge is -2.37. The van der Waals surface area contributed by atoms with Crippen LogP contribution in [0, 0.1) is 0 Å². The zero-order valence-electron chi connectivity index (χ0n) is 33.2. The van der Waals surface area contributed by atoms with E-state index in [1.54, 1.807) is 0 Å². The van der Waals surface area contributed by atoms with E-state index in [1.165, 1.54) is 89.8 Å². The van der Waals surface area contributed by atoms with Gasteiger partial charge in [-0.1, -0.05) is 153 Å². The van der Waals surface area contributed by atoms with Gasteiger partial charge >= 0.3 is 0 Å². The summed E-state index contributed by atoms with van der Waals surface area (Å²) < 4.78 is 0. The third-order valence-electron chi connectivity index (χ3n) is 13.4. The molecule has 2 heteroatoms. The second-order valence-corrected chi connectivity index (χ2v) is 16.8. The molecule has 0 N–H and O–H groups in total. The highest BCUT2D eigenvalue weighted by atomic mass is 15.2. The van der Waals surface area contributed by atoms with E-state index in [1.807, 2.05) is 0 Å². The predicted octanol–water partition coefficient (Wildman–Crippen LogP) is 14.8. The van der Waals surface area contributed by atoms with Crippen LogP contribution in [0.5, 0.6) is 0 Å². The molecular weight excluding hydrogens is 701 g/mol. The number of fused-ring (bicyclic) bond motifs is 7. The summed E-state index contributed by atoms with van der Waals surface area (Å²) in [6.45, 7) is 4.74. The van der Waals surface area contributed by atoms with Crippen molar-refractivity contribution >= 4 is 34.1 Å². The van der Waals surface area contributed by atoms with Crippen molar-refractivity contribution in [3.8, 4) is 22.3 Å². The van der Waals surface area contributed by atoms with E-state index >= 15 is 0 Å². The molecule has 0 unspecified atom stereocenters. The van der Waals surface area contributed by atoms with E-state index in [2.05, 4.69) is 218 Å². The molecule has 58 heavy (non-hydrogen) atoms. The lowest BCUT2D eigenvalue weighted by Crippen LogP contribution is -2.27. The second kappa shape index (κ2) is 13.5. The first kappa shape index (κ1) is 34.6. The number of para-hydroxylation sites is 3. The molecule has 8 aromatic rings. The molecule has 0 heterocycles. The van der Waals surface area contributed by atoms with Gasteiger partial charge in [-0.15, -0.1) is 0 Å². The Labute approximate surface area is 342 Å². The van der Waals surface area contributed by atoms with Gasteiger partial charge in [-0.3, -0.25) is 0 Å². The van der Waals surface area contributed by atoms with Crippen molar-refractivity contribution in [2.24, 2.45) is 0 Å². The first-order chi connectivity index (χ1) is 28.5. The number of nitrogens with zero attached hydrogens (tertiary/aromatic N) is 2. The zero-order chi connectivity index (χ0) is 38.8. The van der Waals surface area contributed by atoms with Crippen LogP contribution in [-0.4, -0.2) is 0 Å². The first-order valence-electron chi connectivity index (χ1n) is 20.9. The van der Waals surface area contributed by atoms with Crippen LogP contribution in [0.4, 0.5) is 34.1 Å². The van der Waals surface area contributed by atoms with Crippen LogP contribution in [0.15, 0.2) is 194 Å². The molecule has 0 fully saturated rings. The molecule has 11 rings (SSSR count). The van der Waals surface area contributed by atoms with E-state index in [4.69, 9.17) is 0 Å². The molecule has 2 nitrogen and oxygen atoms in total. The Bertz CT molecular complexity index is 2780. The molecule has 1 spiro atoms. The van der Waals surface area contributed by atoms with E-state index < -0.39 is 0 Å². The van der Waals surface area contributed by atoms with E-state index in [9.17, 15) is 0 Å². The van der Waals surface area contributed by atoms with Crippen molar-refractivity contribution in [3.05, 3.63) is 228 Å². The first-order valence-corrected chi connectivity index (χ1v) is 20.9. The van der Waals surface area contributed by atoms with Crippen LogP contribution in [0.25, 0.3) is 22.3 Å². The van der Waals surface area contributed by atoms with Crippen molar-refractivity contribution in [2.75, 3.05) is 9.80 Å². The Balaban J connectivity index is 1.17. The quantitative estimate of drug-likeness (QED) is 0.160. The zero-order valence-corrected chi connectivity index (χ0v) is 33.2. The van der Waals surface area contributed by atoms with Gasteiger partial charge in [0, 0.05) is 33.5 Å². The summed E-state index contributed by atoms with van der Waals surface area (Å²) >= 11 is 0. The van der Waals surface area contributed by atoms with Crippen molar-refractivity contribution < 1.29 is 0 Å². The molecule has 3 aliphatic carbocycles. The Hall–Kier alpha value is -6.64. The fourth-order valence-corrected chi connectivity index (χ4v) is 10.9. The van der Waals surface area contributed by atoms with Crippen LogP contribution < -0.4 is 9.80 Å². The maximum atomic E-state index is 2.61. The Kier molecular flexibility index (Phi) is 8.05. The summed E-state index contributed by atoms with van der Waals surface area (Å²) in [6.07, 6.45) is 4.27. The van der Waals surface area contributed by atoms with Crippen molar-refractivity contribution in [3.63, 3.8) is 0 Å². The maximum absolute atomic E-state index is 2.61. The normalized spacial score (nSPS) is 16.7. The molecule has 0 saturated carbocycles. The van der Waals surface area contributed by atoms with Gasteiger partial charge in [0.05, 0.1) is 17.1 Å². The topological polar surface area (TPSA) is 6.48 Å². The molecule has 0 saturated heterocycles. The van der Waals surface area contributed by atoms with Crippen molar-refractivity contribution in [2.45, 2.75) is 50.4 Å². The minimum Gasteiger partial charge on any atom is -0.310 e. The molecule has 0 aliphatic heterocycles. The maximum Gasteiger partial charge on any atom is 0.0540 e. The number of hydrogen-bond acceptors (Lipinski definition) is 2. The summed E-state index contributed by atoms with van der Waals surface area (Å²) in [5.41, 5.74) is 20.8. The summed E-state index contributed by atoms with van der Waals surface area (Å²) in [5.74, 6) is 0. The monoisotopic (exact) mass is 746 g/mol. The van der Waals surface area contributed by atoms with Crippen LogP contribution in [-0.2, 0) is 23.7 Å². The third-order valence-corrected chi connectivity index (χ3v) is 13.4. The molecule has 280 valence electrons. The average Bonchev–Trinajstić information content (AvgIpc) is 3.93. The SMILES string of the molecule is CC1(C)c2ccccc2-c2cc(N(c3ccccc3-c3ccccc3)c3cccc4c3[C@]3(CCc5cccc(N(c6ccccc6)c6ccccc6)c53)CC4)ccc21. The standard InChI is InChI=1S/C56H46N2/c1-55(2)48-28-14-12-27-46(48)47-38-44(32-33-49(47)55)58(50-29-15-13-26-45(50)39-18-6-3-7-19-39)52-31-17-21-41-35-37-56(54(41)52)36-34-40-20-16-30-51(53(40)56)57(42-22-8-4-9-23-42)43-24-10-5-11-25-43/h3-33,38H,34-37H2,1-2H3/t56-/m1/s1. The van der Waals surface area contributed by atoms with Gasteiger partial charge in [-0.2, -0.15) is 0 Å². The van der Waals surface area contributed by atoms with E-state index in [0.717, 1.165) is 25.7 Å². The summed E-state index contributed by atoms with van der Waals surface area (Å²) in [6, 6.07) is 72.2. The summed E-state index contributed by atoms with van der Waals surface area (Å²) in [4.78, 5) is 5.10. The van der Waals surface area contributed by atoms with E-state index in [0.29, 0.717) is 0 Å². The van der Waals surface area contributed by atoms with Crippen LogP contribution in [0.1, 0.15) is 60.1 Å². The summed E-state index contributed by atoms with van der Waals surface area (Å²) in [5, 5.41) is 0. The predicted molar refractivity (Wildman–Crippen MR) is 243 cm³/mol. The fraction of sp³-hybridized carbons (Fsp3) is 0.143. The van der Waals surface area contributed by atoms with Gasteiger partial charge in [0.15, 0.2) is 0 Å². The molecule has 1 atom stereocenters. The molecular formula is C56H46N2. The highest BCUT2D eigenvalue weighted by Gasteiger charge is 2.49. The minimum absolute atomic E-state index is 0.0668. The number of rotatable bonds is 7. The Morgan fingerprint density at radius 1 is 0.379 bits per heavy atom. The third kappa shape index (κ3) is 5.24. The van der Waals surface area contributed by atoms with Crippen LogP contribution in [0.2, 0.25) is 0 Å². The van der Waals surface area contributed by atoms with Gasteiger partial charge in [0.25, 0.3) is 0 Å². The highest BCUT2D eigenvalue weighted by molar-refractivity contribution is 5.93. The number of benzene rings is 8. The molecule has 0 amide bonds. The Morgan fingerprint density at radius 2 is 0.879 bits per heavy atom. The van der Waals surface area contributed by atoms with Gasteiger partial charge in [-0.05, 0) is 130 Å². The van der Waals surface area contributed by atoms with E-state index in [-0.39, 0.29) is 10.8 Å². The lowest BCUT2D eigenvalue weighted by molar-refractivity contribution is 0.508. The molecule has 8 aromatic carbocycles. The van der Waals surface area contributed by atoms with Crippen LogP contribution >= 0.6 is 0 Å². The molecule has 0 bridgehead atoms. The fourth-order valence-electron chi connectivity index (χ4n) is 10.9. The van der Waals surface area contributed by atoms with Crippen LogP contribution in [0.3, 0.4) is 0 Å². The molecule has 0 radical (unpaired) electrons. The largest absolute Gasteiger partial charge is 0.310 e. The van der Waals surface area contributed by atoms with Crippen molar-refractivity contribution in [1.82, 2.24) is 0 Å². The smallest absolute Gasteiger partial charge is 0.0540 e. The van der Waals surface area contributed by atoms with Gasteiger partial charge < -0.3 is 9.80 Å². The number of aryl methyl sites for hydroxylation is 2. The molecule has 0 aromatic heterocycles. The molecule has 3 aliphatic rings. The minimum atomic E-state index is -0.162. The van der Waals surface area contributed by atoms with Gasteiger partial charge in [0.1, 0.15) is 0 Å². The lowest BCUT2D eigenvalue weighted by atomic mass is 9.74. The van der Waals surface area contributed by atoms with Crippen molar-refractivity contribution in [1.29, 1.82) is 0 Å². The highest BCUT2D eigenvalue weighted by Crippen LogP contribution is 2.60. The average molecular weight is 747 g/mol. The Morgan fingerprint density at radius 3 is 1.52 bits per heavy atom. The number of anilines is 6. The summed E-state index contributed by atoms with van der Waals surface area (Å²) in [7, 11) is 0. The second-order valence-electron chi connectivity index (χ2n) is 16.8.